The normalized spacial score (nSPS) is 10.7. The summed E-state index contributed by atoms with van der Waals surface area (Å²) in [4.78, 5) is 41.0. The molecule has 1 N–H and O–H groups in total. The zero-order valence-electron chi connectivity index (χ0n) is 15.0. The van der Waals surface area contributed by atoms with Crippen molar-refractivity contribution >= 4 is 39.8 Å². The molecule has 2 aromatic heterocycles. The van der Waals surface area contributed by atoms with Gasteiger partial charge in [0.25, 0.3) is 5.56 Å². The topological polar surface area (TPSA) is 90.3 Å². The van der Waals surface area contributed by atoms with E-state index in [2.05, 4.69) is 15.0 Å². The minimum absolute atomic E-state index is 0.116. The Balaban J connectivity index is 1.62. The molecular weight excluding hydrogens is 366 g/mol. The SMILES string of the molecule is COC(=O)c1sccc1NC(=O)CCCn1cnc2c(C)cccc2c1=O. The summed E-state index contributed by atoms with van der Waals surface area (Å²) in [5.74, 6) is -0.708. The van der Waals surface area contributed by atoms with Crippen molar-refractivity contribution in [2.75, 3.05) is 12.4 Å². The van der Waals surface area contributed by atoms with Crippen LogP contribution >= 0.6 is 11.3 Å². The maximum atomic E-state index is 12.5. The lowest BCUT2D eigenvalue weighted by molar-refractivity contribution is -0.116. The molecule has 7 nitrogen and oxygen atoms in total. The number of hydrogen-bond acceptors (Lipinski definition) is 6. The zero-order valence-corrected chi connectivity index (χ0v) is 15.8. The van der Waals surface area contributed by atoms with Crippen molar-refractivity contribution in [3.05, 3.63) is 56.8 Å². The van der Waals surface area contributed by atoms with Gasteiger partial charge < -0.3 is 10.1 Å². The number of carbonyl (C=O) groups is 2. The van der Waals surface area contributed by atoms with Crippen molar-refractivity contribution in [1.82, 2.24) is 9.55 Å². The molecule has 0 bridgehead atoms. The van der Waals surface area contributed by atoms with Gasteiger partial charge in [0.2, 0.25) is 5.91 Å². The molecular formula is C19H19N3O4S. The van der Waals surface area contributed by atoms with E-state index in [-0.39, 0.29) is 17.9 Å². The number of methoxy groups -OCH3 is 1. The smallest absolute Gasteiger partial charge is 0.350 e. The van der Waals surface area contributed by atoms with Crippen molar-refractivity contribution < 1.29 is 14.3 Å². The second kappa shape index (κ2) is 8.13. The second-order valence-electron chi connectivity index (χ2n) is 6.02. The van der Waals surface area contributed by atoms with Crippen molar-refractivity contribution in [2.45, 2.75) is 26.3 Å². The first-order valence-corrected chi connectivity index (χ1v) is 9.29. The van der Waals surface area contributed by atoms with Gasteiger partial charge in [-0.1, -0.05) is 12.1 Å². The number of amides is 1. The van der Waals surface area contributed by atoms with E-state index >= 15 is 0 Å². The van der Waals surface area contributed by atoms with Crippen LogP contribution in [0.3, 0.4) is 0 Å². The molecule has 2 heterocycles. The molecule has 3 rings (SSSR count). The van der Waals surface area contributed by atoms with E-state index in [0.717, 1.165) is 5.56 Å². The molecule has 0 saturated carbocycles. The molecule has 0 fully saturated rings. The molecule has 0 spiro atoms. The first-order valence-electron chi connectivity index (χ1n) is 8.41. The third-order valence-electron chi connectivity index (χ3n) is 4.17. The van der Waals surface area contributed by atoms with Gasteiger partial charge in [-0.25, -0.2) is 9.78 Å². The lowest BCUT2D eigenvalue weighted by atomic mass is 10.1. The Labute approximate surface area is 159 Å². The predicted molar refractivity (Wildman–Crippen MR) is 104 cm³/mol. The Morgan fingerprint density at radius 2 is 2.11 bits per heavy atom. The summed E-state index contributed by atoms with van der Waals surface area (Å²) in [5.41, 5.74) is 1.98. The van der Waals surface area contributed by atoms with Crippen LogP contribution in [0.25, 0.3) is 10.9 Å². The number of aryl methyl sites for hydroxylation is 2. The van der Waals surface area contributed by atoms with Gasteiger partial charge in [0.05, 0.1) is 30.0 Å². The third-order valence-corrected chi connectivity index (χ3v) is 5.06. The first-order chi connectivity index (χ1) is 13.0. The molecule has 27 heavy (non-hydrogen) atoms. The van der Waals surface area contributed by atoms with Crippen LogP contribution in [0.2, 0.25) is 0 Å². The van der Waals surface area contributed by atoms with Crippen LogP contribution in [0.4, 0.5) is 5.69 Å². The predicted octanol–water partition coefficient (Wildman–Crippen LogP) is 2.97. The van der Waals surface area contributed by atoms with Crippen molar-refractivity contribution in [3.8, 4) is 0 Å². The Morgan fingerprint density at radius 3 is 2.89 bits per heavy atom. The number of aromatic nitrogens is 2. The fourth-order valence-electron chi connectivity index (χ4n) is 2.78. The van der Waals surface area contributed by atoms with Crippen LogP contribution in [-0.2, 0) is 16.1 Å². The summed E-state index contributed by atoms with van der Waals surface area (Å²) in [7, 11) is 1.30. The Kier molecular flexibility index (Phi) is 5.66. The molecule has 0 aliphatic carbocycles. The number of hydrogen-bond donors (Lipinski definition) is 1. The zero-order chi connectivity index (χ0) is 19.4. The Hall–Kier alpha value is -3.00. The van der Waals surface area contributed by atoms with Crippen molar-refractivity contribution in [3.63, 3.8) is 0 Å². The number of benzene rings is 1. The van der Waals surface area contributed by atoms with E-state index in [1.54, 1.807) is 17.5 Å². The van der Waals surface area contributed by atoms with Gasteiger partial charge in [0.15, 0.2) is 0 Å². The monoisotopic (exact) mass is 385 g/mol. The summed E-state index contributed by atoms with van der Waals surface area (Å²) in [5, 5.41) is 5.00. The molecule has 0 unspecified atom stereocenters. The van der Waals surface area contributed by atoms with Gasteiger partial charge >= 0.3 is 5.97 Å². The Bertz CT molecular complexity index is 1050. The van der Waals surface area contributed by atoms with Gasteiger partial charge in [-0.15, -0.1) is 11.3 Å². The summed E-state index contributed by atoms with van der Waals surface area (Å²) in [6.45, 7) is 2.30. The summed E-state index contributed by atoms with van der Waals surface area (Å²) < 4.78 is 6.20. The number of ether oxygens (including phenoxy) is 1. The van der Waals surface area contributed by atoms with E-state index in [1.165, 1.54) is 29.3 Å². The third kappa shape index (κ3) is 4.06. The highest BCUT2D eigenvalue weighted by molar-refractivity contribution is 7.12. The highest BCUT2D eigenvalue weighted by atomic mass is 32.1. The fraction of sp³-hybridized carbons (Fsp3) is 0.263. The van der Waals surface area contributed by atoms with Crippen LogP contribution in [0.15, 0.2) is 40.8 Å². The number of anilines is 1. The van der Waals surface area contributed by atoms with E-state index in [4.69, 9.17) is 0 Å². The van der Waals surface area contributed by atoms with Crippen molar-refractivity contribution in [2.24, 2.45) is 0 Å². The van der Waals surface area contributed by atoms with Gasteiger partial charge in [-0.3, -0.25) is 14.2 Å². The molecule has 140 valence electrons. The minimum Gasteiger partial charge on any atom is -0.465 e. The average Bonchev–Trinajstić information content (AvgIpc) is 3.11. The van der Waals surface area contributed by atoms with Crippen LogP contribution in [0.5, 0.6) is 0 Å². The van der Waals surface area contributed by atoms with E-state index in [1.807, 2.05) is 19.1 Å². The molecule has 8 heteroatoms. The van der Waals surface area contributed by atoms with E-state index in [9.17, 15) is 14.4 Å². The maximum Gasteiger partial charge on any atom is 0.350 e. The molecule has 0 atom stereocenters. The number of carbonyl (C=O) groups excluding carboxylic acids is 2. The van der Waals surface area contributed by atoms with Gasteiger partial charge in [-0.2, -0.15) is 0 Å². The highest BCUT2D eigenvalue weighted by Crippen LogP contribution is 2.23. The number of rotatable bonds is 6. The number of fused-ring (bicyclic) bond motifs is 1. The average molecular weight is 385 g/mol. The molecule has 0 aliphatic rings. The molecule has 3 aromatic rings. The molecule has 0 radical (unpaired) electrons. The lowest BCUT2D eigenvalue weighted by Crippen LogP contribution is -2.22. The van der Waals surface area contributed by atoms with Gasteiger partial charge in [-0.05, 0) is 36.4 Å². The van der Waals surface area contributed by atoms with Crippen molar-refractivity contribution in [1.29, 1.82) is 0 Å². The maximum absolute atomic E-state index is 12.5. The second-order valence-corrected chi connectivity index (χ2v) is 6.94. The van der Waals surface area contributed by atoms with E-state index in [0.29, 0.717) is 34.4 Å². The number of nitrogens with zero attached hydrogens (tertiary/aromatic N) is 2. The first kappa shape index (κ1) is 18.8. The summed E-state index contributed by atoms with van der Waals surface area (Å²) >= 11 is 1.21. The van der Waals surface area contributed by atoms with Crippen LogP contribution in [0.1, 0.15) is 28.1 Å². The van der Waals surface area contributed by atoms with Crippen LogP contribution in [-0.4, -0.2) is 28.5 Å². The summed E-state index contributed by atoms with van der Waals surface area (Å²) in [6, 6.07) is 7.16. The van der Waals surface area contributed by atoms with Gasteiger partial charge in [0, 0.05) is 13.0 Å². The van der Waals surface area contributed by atoms with Crippen LogP contribution < -0.4 is 10.9 Å². The fourth-order valence-corrected chi connectivity index (χ4v) is 3.54. The Morgan fingerprint density at radius 1 is 1.30 bits per heavy atom. The molecule has 0 saturated heterocycles. The number of nitrogens with one attached hydrogen (secondary N) is 1. The number of esters is 1. The standard InChI is InChI=1S/C19H19N3O4S/c1-12-5-3-6-13-16(12)20-11-22(18(13)24)9-4-7-15(23)21-14-8-10-27-17(14)19(25)26-2/h3,5-6,8,10-11H,4,7,9H2,1-2H3,(H,21,23). The highest BCUT2D eigenvalue weighted by Gasteiger charge is 2.15. The van der Waals surface area contributed by atoms with Gasteiger partial charge in [0.1, 0.15) is 4.88 Å². The summed E-state index contributed by atoms with van der Waals surface area (Å²) in [6.07, 6.45) is 2.21. The number of para-hydroxylation sites is 1. The molecule has 0 aliphatic heterocycles. The quantitative estimate of drug-likeness (QED) is 0.659. The number of thiophene rings is 1. The molecule has 1 aromatic carbocycles. The molecule has 1 amide bonds. The van der Waals surface area contributed by atoms with Crippen LogP contribution in [0, 0.1) is 6.92 Å². The minimum atomic E-state index is -0.482. The van der Waals surface area contributed by atoms with E-state index < -0.39 is 5.97 Å². The lowest BCUT2D eigenvalue weighted by Gasteiger charge is -2.08. The largest absolute Gasteiger partial charge is 0.465 e.